The van der Waals surface area contributed by atoms with Crippen LogP contribution in [0.5, 0.6) is 0 Å². The largest absolute Gasteiger partial charge is 0.349 e. The standard InChI is InChI=1S/C15H24O8.Ti/c1-3-6-12(16)10-14(18)22-20-8-5-9-21-23-15(19)11-13(17)7-4-2;/h3-11H2,1-2H3;. The predicted octanol–water partition coefficient (Wildman–Crippen LogP) is 1.84. The third kappa shape index (κ3) is 15.8. The summed E-state index contributed by atoms with van der Waals surface area (Å²) in [5.74, 6) is -1.89. The molecule has 0 aromatic rings. The molecule has 0 aliphatic rings. The fourth-order valence-corrected chi connectivity index (χ4v) is 1.51. The molecule has 24 heavy (non-hydrogen) atoms. The SMILES string of the molecule is CCCC(=O)CC(=O)OOCCCOOC(=O)CC(=O)CCC.[Ti]. The van der Waals surface area contributed by atoms with Gasteiger partial charge in [-0.3, -0.25) is 19.4 Å². The quantitative estimate of drug-likeness (QED) is 0.148. The molecule has 0 radical (unpaired) electrons. The van der Waals surface area contributed by atoms with Crippen molar-refractivity contribution in [1.29, 1.82) is 0 Å². The average Bonchev–Trinajstić information content (AvgIpc) is 2.46. The molecule has 0 aliphatic carbocycles. The minimum Gasteiger partial charge on any atom is -0.299 e. The van der Waals surface area contributed by atoms with Gasteiger partial charge in [0.15, 0.2) is 0 Å². The molecule has 0 amide bonds. The van der Waals surface area contributed by atoms with E-state index < -0.39 is 11.9 Å². The van der Waals surface area contributed by atoms with E-state index in [0.29, 0.717) is 32.1 Å². The number of carbonyl (C=O) groups is 4. The Hall–Kier alpha value is -1.09. The second-order valence-corrected chi connectivity index (χ2v) is 4.84. The van der Waals surface area contributed by atoms with Gasteiger partial charge in [0, 0.05) is 41.0 Å². The Balaban J connectivity index is 0. The zero-order valence-corrected chi connectivity index (χ0v) is 15.7. The number of hydrogen-bond donors (Lipinski definition) is 0. The van der Waals surface area contributed by atoms with Gasteiger partial charge in [-0.05, 0) is 12.8 Å². The van der Waals surface area contributed by atoms with Crippen LogP contribution in [-0.2, 0) is 60.4 Å². The number of Topliss-reactive ketones (excluding diaryl/α,β-unsaturated/α-hetero) is 2. The van der Waals surface area contributed by atoms with Crippen LogP contribution in [0.4, 0.5) is 0 Å². The second kappa shape index (κ2) is 16.8. The maximum Gasteiger partial charge on any atom is 0.349 e. The molecule has 0 heterocycles. The predicted molar refractivity (Wildman–Crippen MR) is 77.8 cm³/mol. The molecule has 0 unspecified atom stereocenters. The molecule has 0 fully saturated rings. The topological polar surface area (TPSA) is 105 Å². The van der Waals surface area contributed by atoms with Crippen LogP contribution in [0.1, 0.15) is 58.8 Å². The first-order valence-electron chi connectivity index (χ1n) is 7.67. The zero-order chi connectivity index (χ0) is 17.5. The van der Waals surface area contributed by atoms with Gasteiger partial charge in [-0.15, -0.1) is 0 Å². The first-order chi connectivity index (χ1) is 11.0. The van der Waals surface area contributed by atoms with Gasteiger partial charge in [0.25, 0.3) is 0 Å². The Bertz CT molecular complexity index is 361. The summed E-state index contributed by atoms with van der Waals surface area (Å²) in [6, 6.07) is 0. The molecule has 9 heteroatoms. The van der Waals surface area contributed by atoms with E-state index in [-0.39, 0.29) is 59.3 Å². The molecule has 0 aromatic carbocycles. The number of ketones is 2. The Kier molecular flexibility index (Phi) is 17.6. The van der Waals surface area contributed by atoms with E-state index in [1.807, 2.05) is 13.8 Å². The second-order valence-electron chi connectivity index (χ2n) is 4.84. The molecule has 0 saturated heterocycles. The summed E-state index contributed by atoms with van der Waals surface area (Å²) in [6.07, 6.45) is 1.68. The summed E-state index contributed by atoms with van der Waals surface area (Å²) in [7, 11) is 0. The van der Waals surface area contributed by atoms with Crippen LogP contribution in [0.25, 0.3) is 0 Å². The molecule has 0 aromatic heterocycles. The van der Waals surface area contributed by atoms with E-state index in [0.717, 1.165) is 0 Å². The number of hydrogen-bond acceptors (Lipinski definition) is 8. The fourth-order valence-electron chi connectivity index (χ4n) is 1.51. The molecule has 0 aliphatic heterocycles. The Morgan fingerprint density at radius 1 is 0.708 bits per heavy atom. The van der Waals surface area contributed by atoms with Crippen molar-refractivity contribution in [2.75, 3.05) is 13.2 Å². The van der Waals surface area contributed by atoms with E-state index in [2.05, 4.69) is 19.6 Å². The summed E-state index contributed by atoms with van der Waals surface area (Å²) in [4.78, 5) is 62.6. The fraction of sp³-hybridized carbons (Fsp3) is 0.733. The first-order valence-corrected chi connectivity index (χ1v) is 7.67. The van der Waals surface area contributed by atoms with Crippen LogP contribution in [-0.4, -0.2) is 36.7 Å². The zero-order valence-electron chi connectivity index (χ0n) is 14.1. The molecule has 0 bridgehead atoms. The van der Waals surface area contributed by atoms with Gasteiger partial charge in [-0.25, -0.2) is 9.59 Å². The third-order valence-corrected chi connectivity index (χ3v) is 2.50. The normalized spacial score (nSPS) is 9.75. The molecule has 0 saturated carbocycles. The maximum absolute atomic E-state index is 11.2. The Labute approximate surface area is 156 Å². The number of carbonyl (C=O) groups excluding carboxylic acids is 4. The van der Waals surface area contributed by atoms with Gasteiger partial charge in [-0.1, -0.05) is 13.8 Å². The van der Waals surface area contributed by atoms with E-state index >= 15 is 0 Å². The smallest absolute Gasteiger partial charge is 0.299 e. The van der Waals surface area contributed by atoms with Gasteiger partial charge < -0.3 is 0 Å². The first kappa shape index (κ1) is 25.2. The average molecular weight is 380 g/mol. The van der Waals surface area contributed by atoms with Crippen molar-refractivity contribution in [3.8, 4) is 0 Å². The van der Waals surface area contributed by atoms with Crippen LogP contribution in [0.3, 0.4) is 0 Å². The van der Waals surface area contributed by atoms with Gasteiger partial charge in [-0.2, -0.15) is 9.78 Å². The van der Waals surface area contributed by atoms with Gasteiger partial charge in [0.2, 0.25) is 0 Å². The summed E-state index contributed by atoms with van der Waals surface area (Å²) in [5, 5.41) is 0. The molecule has 8 nitrogen and oxygen atoms in total. The maximum atomic E-state index is 11.2. The molecular weight excluding hydrogens is 356 g/mol. The van der Waals surface area contributed by atoms with Crippen molar-refractivity contribution in [3.05, 3.63) is 0 Å². The van der Waals surface area contributed by atoms with Crippen molar-refractivity contribution < 1.29 is 60.4 Å². The molecule has 0 atom stereocenters. The van der Waals surface area contributed by atoms with Crippen LogP contribution < -0.4 is 0 Å². The number of rotatable bonds is 14. The minimum absolute atomic E-state index is 0. The van der Waals surface area contributed by atoms with Crippen molar-refractivity contribution in [3.63, 3.8) is 0 Å². The molecular formula is C15H24O8Ti. The van der Waals surface area contributed by atoms with Crippen LogP contribution in [0.15, 0.2) is 0 Å². The van der Waals surface area contributed by atoms with E-state index in [9.17, 15) is 19.2 Å². The summed E-state index contributed by atoms with van der Waals surface area (Å²) in [6.45, 7) is 3.73. The molecule has 0 rings (SSSR count). The molecule has 0 spiro atoms. The van der Waals surface area contributed by atoms with Gasteiger partial charge >= 0.3 is 11.9 Å². The Morgan fingerprint density at radius 3 is 1.42 bits per heavy atom. The summed E-state index contributed by atoms with van der Waals surface area (Å²) in [5.41, 5.74) is 0. The summed E-state index contributed by atoms with van der Waals surface area (Å²) < 4.78 is 0. The van der Waals surface area contributed by atoms with E-state index in [4.69, 9.17) is 0 Å². The van der Waals surface area contributed by atoms with Crippen molar-refractivity contribution in [1.82, 2.24) is 0 Å². The van der Waals surface area contributed by atoms with E-state index in [1.165, 1.54) is 0 Å². The van der Waals surface area contributed by atoms with Crippen molar-refractivity contribution >= 4 is 23.5 Å². The minimum atomic E-state index is -0.745. The van der Waals surface area contributed by atoms with Crippen molar-refractivity contribution in [2.24, 2.45) is 0 Å². The monoisotopic (exact) mass is 380 g/mol. The van der Waals surface area contributed by atoms with Gasteiger partial charge in [0.1, 0.15) is 24.4 Å². The molecule has 0 N–H and O–H groups in total. The van der Waals surface area contributed by atoms with Gasteiger partial charge in [0.05, 0.1) is 13.2 Å². The van der Waals surface area contributed by atoms with E-state index in [1.54, 1.807) is 0 Å². The Morgan fingerprint density at radius 2 is 1.08 bits per heavy atom. The third-order valence-electron chi connectivity index (χ3n) is 2.50. The molecule has 136 valence electrons. The summed E-state index contributed by atoms with van der Waals surface area (Å²) >= 11 is 0. The van der Waals surface area contributed by atoms with Crippen LogP contribution in [0.2, 0.25) is 0 Å². The van der Waals surface area contributed by atoms with Crippen LogP contribution in [0, 0.1) is 0 Å². The van der Waals surface area contributed by atoms with Crippen molar-refractivity contribution in [2.45, 2.75) is 58.8 Å². The van der Waals surface area contributed by atoms with Crippen LogP contribution >= 0.6 is 0 Å².